The van der Waals surface area contributed by atoms with Crippen molar-refractivity contribution in [1.82, 2.24) is 0 Å². The molecular weight excluding hydrogens is 363 g/mol. The van der Waals surface area contributed by atoms with Gasteiger partial charge in [0.25, 0.3) is 0 Å². The van der Waals surface area contributed by atoms with Gasteiger partial charge < -0.3 is 5.11 Å². The highest BCUT2D eigenvalue weighted by atomic mass is 19.1. The van der Waals surface area contributed by atoms with Crippen LogP contribution in [0.1, 0.15) is 86.2 Å². The molecule has 0 atom stereocenters. The smallest absolute Gasteiger partial charge is 0.336 e. The van der Waals surface area contributed by atoms with Crippen LogP contribution in [-0.4, -0.2) is 11.1 Å². The molecule has 3 rings (SSSR count). The summed E-state index contributed by atoms with van der Waals surface area (Å²) in [4.78, 5) is 11.8. The molecule has 2 aromatic carbocycles. The first-order valence-corrected chi connectivity index (χ1v) is 10.9. The van der Waals surface area contributed by atoms with Crippen molar-refractivity contribution < 1.29 is 14.3 Å². The Bertz CT molecular complexity index is 859. The summed E-state index contributed by atoms with van der Waals surface area (Å²) in [7, 11) is 0. The van der Waals surface area contributed by atoms with Gasteiger partial charge in [-0.25, -0.2) is 9.18 Å². The number of unbranched alkanes of at least 4 members (excludes halogenated alkanes) is 1. The Balaban J connectivity index is 1.90. The van der Waals surface area contributed by atoms with Crippen LogP contribution in [0.5, 0.6) is 0 Å². The van der Waals surface area contributed by atoms with Gasteiger partial charge in [0, 0.05) is 5.56 Å². The molecule has 2 aromatic rings. The van der Waals surface area contributed by atoms with Crippen molar-refractivity contribution in [3.8, 4) is 11.1 Å². The summed E-state index contributed by atoms with van der Waals surface area (Å²) in [5.74, 6) is 0.165. The Morgan fingerprint density at radius 1 is 1.07 bits per heavy atom. The van der Waals surface area contributed by atoms with E-state index in [9.17, 15) is 14.3 Å². The zero-order chi connectivity index (χ0) is 20.8. The maximum absolute atomic E-state index is 14.2. The summed E-state index contributed by atoms with van der Waals surface area (Å²) in [5, 5.41) is 9.67. The lowest BCUT2D eigenvalue weighted by Gasteiger charge is -2.28. The molecule has 0 aromatic heterocycles. The third-order valence-electron chi connectivity index (χ3n) is 6.25. The zero-order valence-electron chi connectivity index (χ0n) is 17.5. The standard InChI is InChI=1S/C26H31FO2/c1-3-5-6-25(27)21-13-11-20(12-14-21)24-17-22(15-16-23(24)26(28)29)19-9-7-18(4-2)8-10-19/h6,11-19H,3-5,7-10H2,1-2H3,(H,28,29)/b25-6+. The van der Waals surface area contributed by atoms with Crippen molar-refractivity contribution in [3.63, 3.8) is 0 Å². The van der Waals surface area contributed by atoms with Crippen LogP contribution in [0.4, 0.5) is 4.39 Å². The lowest BCUT2D eigenvalue weighted by atomic mass is 9.77. The molecule has 0 saturated heterocycles. The number of allylic oxidation sites excluding steroid dienone is 1. The van der Waals surface area contributed by atoms with Crippen LogP contribution in [0, 0.1) is 5.92 Å². The predicted molar refractivity (Wildman–Crippen MR) is 118 cm³/mol. The van der Waals surface area contributed by atoms with Crippen molar-refractivity contribution in [1.29, 1.82) is 0 Å². The second-order valence-corrected chi connectivity index (χ2v) is 8.15. The maximum atomic E-state index is 14.2. The second-order valence-electron chi connectivity index (χ2n) is 8.15. The van der Waals surface area contributed by atoms with Crippen LogP contribution in [0.3, 0.4) is 0 Å². The minimum Gasteiger partial charge on any atom is -0.478 e. The number of benzene rings is 2. The van der Waals surface area contributed by atoms with Crippen LogP contribution in [0.15, 0.2) is 48.5 Å². The molecule has 0 amide bonds. The molecular formula is C26H31FO2. The van der Waals surface area contributed by atoms with Crippen molar-refractivity contribution in [3.05, 3.63) is 65.2 Å². The van der Waals surface area contributed by atoms with E-state index in [0.29, 0.717) is 23.5 Å². The highest BCUT2D eigenvalue weighted by Crippen LogP contribution is 2.39. The molecule has 0 unspecified atom stereocenters. The maximum Gasteiger partial charge on any atom is 0.336 e. The molecule has 154 valence electrons. The topological polar surface area (TPSA) is 37.3 Å². The fraction of sp³-hybridized carbons (Fsp3) is 0.423. The number of carbonyl (C=O) groups is 1. The molecule has 0 radical (unpaired) electrons. The Morgan fingerprint density at radius 2 is 1.76 bits per heavy atom. The van der Waals surface area contributed by atoms with Crippen molar-refractivity contribution in [2.75, 3.05) is 0 Å². The lowest BCUT2D eigenvalue weighted by Crippen LogP contribution is -2.13. The van der Waals surface area contributed by atoms with E-state index in [1.165, 1.54) is 24.8 Å². The summed E-state index contributed by atoms with van der Waals surface area (Å²) < 4.78 is 14.2. The van der Waals surface area contributed by atoms with Gasteiger partial charge in [0.2, 0.25) is 0 Å². The van der Waals surface area contributed by atoms with E-state index < -0.39 is 5.97 Å². The molecule has 1 aliphatic rings. The molecule has 1 N–H and O–H groups in total. The molecule has 1 fully saturated rings. The molecule has 0 heterocycles. The van der Waals surface area contributed by atoms with E-state index in [1.54, 1.807) is 24.3 Å². The number of carboxylic acids is 1. The van der Waals surface area contributed by atoms with Gasteiger partial charge in [0.05, 0.1) is 5.56 Å². The SMILES string of the molecule is CCC/C=C(/F)c1ccc(-c2cc(C3CCC(CC)CC3)ccc2C(=O)O)cc1. The van der Waals surface area contributed by atoms with Gasteiger partial charge in [-0.3, -0.25) is 0 Å². The van der Waals surface area contributed by atoms with Crippen LogP contribution < -0.4 is 0 Å². The van der Waals surface area contributed by atoms with E-state index in [0.717, 1.165) is 36.3 Å². The average molecular weight is 395 g/mol. The first-order chi connectivity index (χ1) is 14.0. The number of hydrogen-bond donors (Lipinski definition) is 1. The van der Waals surface area contributed by atoms with Crippen molar-refractivity contribution >= 4 is 11.8 Å². The van der Waals surface area contributed by atoms with E-state index in [1.807, 2.05) is 31.2 Å². The van der Waals surface area contributed by atoms with E-state index in [2.05, 4.69) is 6.92 Å². The summed E-state index contributed by atoms with van der Waals surface area (Å²) in [5.41, 5.74) is 3.59. The fourth-order valence-corrected chi connectivity index (χ4v) is 4.34. The normalized spacial score (nSPS) is 19.9. The van der Waals surface area contributed by atoms with Gasteiger partial charge >= 0.3 is 5.97 Å². The fourth-order valence-electron chi connectivity index (χ4n) is 4.34. The van der Waals surface area contributed by atoms with Gasteiger partial charge in [-0.15, -0.1) is 0 Å². The van der Waals surface area contributed by atoms with Gasteiger partial charge in [0.15, 0.2) is 0 Å². The first-order valence-electron chi connectivity index (χ1n) is 10.9. The quantitative estimate of drug-likeness (QED) is 0.519. The summed E-state index contributed by atoms with van der Waals surface area (Å²) in [6.07, 6.45) is 9.27. The number of halogens is 1. The van der Waals surface area contributed by atoms with Gasteiger partial charge in [-0.1, -0.05) is 63.1 Å². The highest BCUT2D eigenvalue weighted by molar-refractivity contribution is 5.96. The van der Waals surface area contributed by atoms with E-state index >= 15 is 0 Å². The Hall–Kier alpha value is -2.42. The van der Waals surface area contributed by atoms with Crippen LogP contribution in [-0.2, 0) is 0 Å². The molecule has 1 aliphatic carbocycles. The van der Waals surface area contributed by atoms with Crippen LogP contribution >= 0.6 is 0 Å². The third-order valence-corrected chi connectivity index (χ3v) is 6.25. The average Bonchev–Trinajstić information content (AvgIpc) is 2.77. The minimum absolute atomic E-state index is 0.224. The third kappa shape index (κ3) is 5.14. The highest BCUT2D eigenvalue weighted by Gasteiger charge is 2.23. The number of carboxylic acid groups (broad SMARTS) is 1. The van der Waals surface area contributed by atoms with E-state index in [4.69, 9.17) is 0 Å². The lowest BCUT2D eigenvalue weighted by molar-refractivity contribution is 0.0697. The zero-order valence-corrected chi connectivity index (χ0v) is 17.5. The summed E-state index contributed by atoms with van der Waals surface area (Å²) in [6.45, 7) is 4.27. The largest absolute Gasteiger partial charge is 0.478 e. The predicted octanol–water partition coefficient (Wildman–Crippen LogP) is 7.85. The van der Waals surface area contributed by atoms with Gasteiger partial charge in [-0.05, 0) is 72.8 Å². The van der Waals surface area contributed by atoms with Crippen molar-refractivity contribution in [2.45, 2.75) is 64.7 Å². The summed E-state index contributed by atoms with van der Waals surface area (Å²) >= 11 is 0. The molecule has 0 bridgehead atoms. The monoisotopic (exact) mass is 394 g/mol. The van der Waals surface area contributed by atoms with Gasteiger partial charge in [-0.2, -0.15) is 0 Å². The molecule has 3 heteroatoms. The first kappa shape index (κ1) is 21.3. The molecule has 2 nitrogen and oxygen atoms in total. The van der Waals surface area contributed by atoms with Crippen LogP contribution in [0.2, 0.25) is 0 Å². The Labute approximate surface area is 173 Å². The number of aromatic carboxylic acids is 1. The number of rotatable bonds is 7. The van der Waals surface area contributed by atoms with Crippen molar-refractivity contribution in [2.24, 2.45) is 5.92 Å². The second kappa shape index (κ2) is 9.87. The molecule has 29 heavy (non-hydrogen) atoms. The van der Waals surface area contributed by atoms with Crippen LogP contribution in [0.25, 0.3) is 17.0 Å². The summed E-state index contributed by atoms with van der Waals surface area (Å²) in [6, 6.07) is 12.9. The van der Waals surface area contributed by atoms with E-state index in [-0.39, 0.29) is 5.83 Å². The molecule has 0 aliphatic heterocycles. The van der Waals surface area contributed by atoms with Gasteiger partial charge in [0.1, 0.15) is 5.83 Å². The Morgan fingerprint density at radius 3 is 2.34 bits per heavy atom. The molecule has 1 saturated carbocycles. The Kier molecular flexibility index (Phi) is 7.24. The minimum atomic E-state index is -0.931. The molecule has 0 spiro atoms. The number of hydrogen-bond acceptors (Lipinski definition) is 1.